The van der Waals surface area contributed by atoms with Gasteiger partial charge in [0.15, 0.2) is 0 Å². The molecule has 6 heteroatoms. The first-order chi connectivity index (χ1) is 7.11. The number of rotatable bonds is 2. The van der Waals surface area contributed by atoms with E-state index in [1.54, 1.807) is 0 Å². The topological polar surface area (TPSA) is 86.5 Å². The number of esters is 1. The van der Waals surface area contributed by atoms with Crippen LogP contribution in [-0.2, 0) is 14.3 Å². The second-order valence-electron chi connectivity index (χ2n) is 2.72. The first-order valence-corrected chi connectivity index (χ1v) is 3.97. The summed E-state index contributed by atoms with van der Waals surface area (Å²) in [6.07, 6.45) is 3.86. The van der Waals surface area contributed by atoms with Gasteiger partial charge in [-0.3, -0.25) is 10.1 Å². The largest absolute Gasteiger partial charge is 0.465 e. The molecule has 0 amide bonds. The molecule has 1 atom stereocenters. The van der Waals surface area contributed by atoms with Gasteiger partial charge in [-0.25, -0.2) is 9.59 Å². The van der Waals surface area contributed by atoms with Crippen LogP contribution >= 0.6 is 0 Å². The molecular weight excluding hydrogens is 202 g/mol. The number of nitrogens with zero attached hydrogens (tertiary/aromatic N) is 1. The number of carbonyl (C=O) groups is 1. The van der Waals surface area contributed by atoms with Crippen LogP contribution in [0, 0.1) is 10.1 Å². The standard InChI is InChI=1S/C9H7NO5/c1-15-9(12)7-4-2-3-6(5-11)8(7)10(13)14/h2-4,8H,1H3. The average Bonchev–Trinajstić information content (AvgIpc) is 2.26. The Labute approximate surface area is 84.7 Å². The van der Waals surface area contributed by atoms with Gasteiger partial charge in [-0.15, -0.1) is 0 Å². The van der Waals surface area contributed by atoms with Crippen LogP contribution in [0.3, 0.4) is 0 Å². The molecule has 0 aromatic heterocycles. The molecule has 78 valence electrons. The third-order valence-corrected chi connectivity index (χ3v) is 1.89. The molecule has 0 aromatic rings. The molecule has 0 N–H and O–H groups in total. The van der Waals surface area contributed by atoms with E-state index in [0.717, 1.165) is 7.11 Å². The Morgan fingerprint density at radius 3 is 2.80 bits per heavy atom. The Morgan fingerprint density at radius 1 is 1.67 bits per heavy atom. The van der Waals surface area contributed by atoms with Crippen molar-refractivity contribution in [1.29, 1.82) is 0 Å². The fourth-order valence-corrected chi connectivity index (χ4v) is 1.22. The van der Waals surface area contributed by atoms with Gasteiger partial charge >= 0.3 is 5.97 Å². The molecule has 0 fully saturated rings. The van der Waals surface area contributed by atoms with Crippen LogP contribution in [0.1, 0.15) is 0 Å². The Kier molecular flexibility index (Phi) is 3.15. The predicted molar refractivity (Wildman–Crippen MR) is 49.2 cm³/mol. The van der Waals surface area contributed by atoms with Crippen LogP contribution in [-0.4, -0.2) is 30.0 Å². The van der Waals surface area contributed by atoms with Crippen molar-refractivity contribution in [3.63, 3.8) is 0 Å². The van der Waals surface area contributed by atoms with Crippen molar-refractivity contribution in [1.82, 2.24) is 0 Å². The molecule has 1 rings (SSSR count). The van der Waals surface area contributed by atoms with Crippen molar-refractivity contribution >= 4 is 11.9 Å². The Morgan fingerprint density at radius 2 is 2.33 bits per heavy atom. The van der Waals surface area contributed by atoms with Gasteiger partial charge < -0.3 is 4.74 Å². The van der Waals surface area contributed by atoms with Gasteiger partial charge in [-0.05, 0) is 12.2 Å². The van der Waals surface area contributed by atoms with E-state index in [1.165, 1.54) is 24.2 Å². The summed E-state index contributed by atoms with van der Waals surface area (Å²) in [4.78, 5) is 31.6. The lowest BCUT2D eigenvalue weighted by molar-refractivity contribution is -0.500. The third kappa shape index (κ3) is 2.00. The number of ether oxygens (including phenoxy) is 1. The second-order valence-corrected chi connectivity index (χ2v) is 2.72. The lowest BCUT2D eigenvalue weighted by Crippen LogP contribution is -2.30. The SMILES string of the molecule is COC(=O)C1=CC=CC(=C=O)C1[N+](=O)[O-]. The lowest BCUT2D eigenvalue weighted by atomic mass is 9.95. The van der Waals surface area contributed by atoms with Crippen LogP contribution in [0.15, 0.2) is 29.4 Å². The molecular formula is C9H7NO5. The molecule has 0 aliphatic heterocycles. The molecule has 0 aromatic carbocycles. The highest BCUT2D eigenvalue weighted by Gasteiger charge is 2.36. The quantitative estimate of drug-likeness (QED) is 0.278. The molecule has 1 aliphatic carbocycles. The van der Waals surface area contributed by atoms with Crippen molar-refractivity contribution in [2.75, 3.05) is 7.11 Å². The smallest absolute Gasteiger partial charge is 0.341 e. The van der Waals surface area contributed by atoms with E-state index >= 15 is 0 Å². The monoisotopic (exact) mass is 209 g/mol. The van der Waals surface area contributed by atoms with Crippen molar-refractivity contribution in [3.8, 4) is 0 Å². The summed E-state index contributed by atoms with van der Waals surface area (Å²) in [5.41, 5.74) is -0.369. The zero-order valence-electron chi connectivity index (χ0n) is 7.80. The predicted octanol–water partition coefficient (Wildman–Crippen LogP) is 0.0589. The van der Waals surface area contributed by atoms with E-state index in [-0.39, 0.29) is 11.1 Å². The number of hydrogen-bond acceptors (Lipinski definition) is 5. The van der Waals surface area contributed by atoms with Gasteiger partial charge in [0.25, 0.3) is 6.04 Å². The van der Waals surface area contributed by atoms with Crippen molar-refractivity contribution in [3.05, 3.63) is 39.5 Å². The second kappa shape index (κ2) is 4.34. The van der Waals surface area contributed by atoms with E-state index < -0.39 is 16.9 Å². The van der Waals surface area contributed by atoms with Crippen molar-refractivity contribution in [2.24, 2.45) is 0 Å². The Balaban J connectivity index is 3.19. The summed E-state index contributed by atoms with van der Waals surface area (Å²) in [5, 5.41) is 10.7. The Bertz CT molecular complexity index is 414. The maximum atomic E-state index is 11.2. The zero-order valence-corrected chi connectivity index (χ0v) is 7.80. The third-order valence-electron chi connectivity index (χ3n) is 1.89. The first kappa shape index (κ1) is 10.9. The fraction of sp³-hybridized carbons (Fsp3) is 0.222. The van der Waals surface area contributed by atoms with Crippen LogP contribution in [0.4, 0.5) is 0 Å². The molecule has 0 saturated carbocycles. The number of hydrogen-bond donors (Lipinski definition) is 0. The van der Waals surface area contributed by atoms with Gasteiger partial charge in [-0.2, -0.15) is 0 Å². The zero-order chi connectivity index (χ0) is 11.4. The van der Waals surface area contributed by atoms with Crippen molar-refractivity contribution < 1.29 is 19.2 Å². The molecule has 0 spiro atoms. The molecule has 6 nitrogen and oxygen atoms in total. The molecule has 0 saturated heterocycles. The summed E-state index contributed by atoms with van der Waals surface area (Å²) in [7, 11) is 1.11. The minimum atomic E-state index is -1.49. The highest BCUT2D eigenvalue weighted by molar-refractivity contribution is 5.92. The average molecular weight is 209 g/mol. The normalized spacial score (nSPS) is 19.1. The fourth-order valence-electron chi connectivity index (χ4n) is 1.22. The van der Waals surface area contributed by atoms with Gasteiger partial charge in [0, 0.05) is 4.92 Å². The van der Waals surface area contributed by atoms with Crippen molar-refractivity contribution in [2.45, 2.75) is 6.04 Å². The number of methoxy groups -OCH3 is 1. The molecule has 0 bridgehead atoms. The molecule has 1 unspecified atom stereocenters. The van der Waals surface area contributed by atoms with E-state index in [2.05, 4.69) is 4.74 Å². The van der Waals surface area contributed by atoms with Gasteiger partial charge in [0.2, 0.25) is 0 Å². The minimum Gasteiger partial charge on any atom is -0.465 e. The van der Waals surface area contributed by atoms with Gasteiger partial charge in [0.1, 0.15) is 17.1 Å². The summed E-state index contributed by atoms with van der Waals surface area (Å²) in [6, 6.07) is -1.49. The van der Waals surface area contributed by atoms with E-state index in [1.807, 2.05) is 0 Å². The molecule has 0 radical (unpaired) electrons. The van der Waals surface area contributed by atoms with Crippen LogP contribution in [0.25, 0.3) is 0 Å². The maximum absolute atomic E-state index is 11.2. The van der Waals surface area contributed by atoms with Crippen LogP contribution < -0.4 is 0 Å². The van der Waals surface area contributed by atoms with E-state index in [9.17, 15) is 19.7 Å². The van der Waals surface area contributed by atoms with Crippen LogP contribution in [0.2, 0.25) is 0 Å². The summed E-state index contributed by atoms with van der Waals surface area (Å²) in [5.74, 6) is 0.609. The summed E-state index contributed by atoms with van der Waals surface area (Å²) < 4.78 is 4.37. The highest BCUT2D eigenvalue weighted by Crippen LogP contribution is 2.20. The molecule has 0 heterocycles. The summed E-state index contributed by atoms with van der Waals surface area (Å²) in [6.45, 7) is 0. The minimum absolute atomic E-state index is 0.177. The maximum Gasteiger partial charge on any atom is 0.341 e. The lowest BCUT2D eigenvalue weighted by Gasteiger charge is -2.12. The highest BCUT2D eigenvalue weighted by atomic mass is 16.6. The van der Waals surface area contributed by atoms with E-state index in [0.29, 0.717) is 0 Å². The van der Waals surface area contributed by atoms with Gasteiger partial charge in [-0.1, -0.05) is 6.08 Å². The van der Waals surface area contributed by atoms with E-state index in [4.69, 9.17) is 0 Å². The number of allylic oxidation sites excluding steroid dienone is 2. The molecule has 1 aliphatic rings. The van der Waals surface area contributed by atoms with Crippen LogP contribution in [0.5, 0.6) is 0 Å². The number of nitro groups is 1. The first-order valence-electron chi connectivity index (χ1n) is 3.97. The number of carbonyl (C=O) groups excluding carboxylic acids is 2. The molecule has 15 heavy (non-hydrogen) atoms. The summed E-state index contributed by atoms with van der Waals surface area (Å²) >= 11 is 0. The van der Waals surface area contributed by atoms with Gasteiger partial charge in [0.05, 0.1) is 7.11 Å². The Hall–Kier alpha value is -2.20.